The summed E-state index contributed by atoms with van der Waals surface area (Å²) in [7, 11) is 1.68. The van der Waals surface area contributed by atoms with Gasteiger partial charge >= 0.3 is 0 Å². The molecule has 2 aromatic rings. The third-order valence-corrected chi connectivity index (χ3v) is 2.15. The number of aromatic nitrogens is 3. The van der Waals surface area contributed by atoms with E-state index < -0.39 is 0 Å². The van der Waals surface area contributed by atoms with Gasteiger partial charge in [-0.25, -0.2) is 9.97 Å². The molecule has 16 heavy (non-hydrogen) atoms. The van der Waals surface area contributed by atoms with Crippen LogP contribution < -0.4 is 10.9 Å². The molecule has 0 saturated heterocycles. The molecule has 0 amide bonds. The molecule has 82 valence electrons. The smallest absolute Gasteiger partial charge is 0.293 e. The van der Waals surface area contributed by atoms with E-state index in [1.54, 1.807) is 25.5 Å². The molecule has 0 radical (unpaired) electrons. The molecule has 0 aliphatic rings. The zero-order chi connectivity index (χ0) is 11.5. The lowest BCUT2D eigenvalue weighted by molar-refractivity contribution is 0.844. The van der Waals surface area contributed by atoms with Gasteiger partial charge in [0.15, 0.2) is 5.82 Å². The van der Waals surface area contributed by atoms with Gasteiger partial charge in [0.2, 0.25) is 0 Å². The summed E-state index contributed by atoms with van der Waals surface area (Å²) in [5.74, 6) is 0.902. The van der Waals surface area contributed by atoms with Crippen molar-refractivity contribution in [2.75, 3.05) is 5.32 Å². The fraction of sp³-hybridized carbons (Fsp3) is 0.182. The van der Waals surface area contributed by atoms with E-state index in [9.17, 15) is 4.79 Å². The molecule has 0 aromatic carbocycles. The fourth-order valence-electron chi connectivity index (χ4n) is 1.32. The summed E-state index contributed by atoms with van der Waals surface area (Å²) < 4.78 is 1.46. The van der Waals surface area contributed by atoms with Gasteiger partial charge in [-0.2, -0.15) is 0 Å². The molecule has 0 unspecified atom stereocenters. The highest BCUT2D eigenvalue weighted by Crippen LogP contribution is 2.07. The Balaban J connectivity index is 2.34. The highest BCUT2D eigenvalue weighted by Gasteiger charge is 2.03. The Morgan fingerprint density at radius 3 is 2.94 bits per heavy atom. The first-order valence-electron chi connectivity index (χ1n) is 4.89. The standard InChI is InChI=1S/C11H12N4O/c1-8-4-3-5-9(13-8)14-10-11(16)15(2)7-6-12-10/h3-7H,1-2H3,(H,12,13,14). The maximum absolute atomic E-state index is 11.7. The summed E-state index contributed by atoms with van der Waals surface area (Å²) in [4.78, 5) is 19.9. The predicted octanol–water partition coefficient (Wildman–Crippen LogP) is 1.23. The Kier molecular flexibility index (Phi) is 2.68. The largest absolute Gasteiger partial charge is 0.320 e. The van der Waals surface area contributed by atoms with Gasteiger partial charge in [0.05, 0.1) is 0 Å². The van der Waals surface area contributed by atoms with Gasteiger partial charge in [-0.15, -0.1) is 0 Å². The van der Waals surface area contributed by atoms with Crippen molar-refractivity contribution in [3.05, 3.63) is 46.6 Å². The molecule has 0 aliphatic carbocycles. The number of aryl methyl sites for hydroxylation is 2. The number of hydrogen-bond donors (Lipinski definition) is 1. The van der Waals surface area contributed by atoms with E-state index in [0.29, 0.717) is 5.82 Å². The van der Waals surface area contributed by atoms with Crippen molar-refractivity contribution in [3.8, 4) is 0 Å². The van der Waals surface area contributed by atoms with Crippen molar-refractivity contribution < 1.29 is 0 Å². The van der Waals surface area contributed by atoms with Crippen LogP contribution in [0.15, 0.2) is 35.4 Å². The van der Waals surface area contributed by atoms with E-state index in [1.807, 2.05) is 19.1 Å². The summed E-state index contributed by atoms with van der Waals surface area (Å²) >= 11 is 0. The summed E-state index contributed by atoms with van der Waals surface area (Å²) in [6, 6.07) is 5.56. The van der Waals surface area contributed by atoms with E-state index in [4.69, 9.17) is 0 Å². The van der Waals surface area contributed by atoms with Crippen molar-refractivity contribution in [1.82, 2.24) is 14.5 Å². The monoisotopic (exact) mass is 216 g/mol. The average molecular weight is 216 g/mol. The summed E-state index contributed by atoms with van der Waals surface area (Å²) in [5, 5.41) is 2.90. The molecule has 2 aromatic heterocycles. The van der Waals surface area contributed by atoms with Gasteiger partial charge in [0.1, 0.15) is 5.82 Å². The number of nitrogens with zero attached hydrogens (tertiary/aromatic N) is 3. The average Bonchev–Trinajstić information content (AvgIpc) is 2.25. The normalized spacial score (nSPS) is 10.1. The molecular weight excluding hydrogens is 204 g/mol. The lowest BCUT2D eigenvalue weighted by atomic mass is 10.4. The van der Waals surface area contributed by atoms with Crippen LogP contribution in [0.2, 0.25) is 0 Å². The Bertz CT molecular complexity index is 562. The molecule has 0 aliphatic heterocycles. The third kappa shape index (κ3) is 2.08. The molecule has 0 saturated carbocycles. The number of rotatable bonds is 2. The number of anilines is 2. The van der Waals surface area contributed by atoms with Crippen LogP contribution in [0.25, 0.3) is 0 Å². The van der Waals surface area contributed by atoms with E-state index >= 15 is 0 Å². The molecule has 0 atom stereocenters. The number of nitrogens with one attached hydrogen (secondary N) is 1. The van der Waals surface area contributed by atoms with Crippen molar-refractivity contribution >= 4 is 11.6 Å². The quantitative estimate of drug-likeness (QED) is 0.820. The van der Waals surface area contributed by atoms with E-state index in [2.05, 4.69) is 15.3 Å². The van der Waals surface area contributed by atoms with Crippen molar-refractivity contribution in [2.45, 2.75) is 6.92 Å². The predicted molar refractivity (Wildman–Crippen MR) is 61.7 cm³/mol. The first-order valence-corrected chi connectivity index (χ1v) is 4.89. The van der Waals surface area contributed by atoms with E-state index in [1.165, 1.54) is 4.57 Å². The second-order valence-corrected chi connectivity index (χ2v) is 3.48. The van der Waals surface area contributed by atoms with Crippen LogP contribution in [0.3, 0.4) is 0 Å². The summed E-state index contributed by atoms with van der Waals surface area (Å²) in [5.41, 5.74) is 0.712. The van der Waals surface area contributed by atoms with Crippen LogP contribution >= 0.6 is 0 Å². The van der Waals surface area contributed by atoms with Gasteiger partial charge < -0.3 is 9.88 Å². The molecule has 0 fully saturated rings. The van der Waals surface area contributed by atoms with Crippen LogP contribution in [0, 0.1) is 6.92 Å². The zero-order valence-electron chi connectivity index (χ0n) is 9.14. The Hall–Kier alpha value is -2.17. The molecular formula is C11H12N4O. The summed E-state index contributed by atoms with van der Waals surface area (Å²) in [6.45, 7) is 1.89. The van der Waals surface area contributed by atoms with Gasteiger partial charge in [-0.1, -0.05) is 6.07 Å². The molecule has 2 heterocycles. The Morgan fingerprint density at radius 2 is 2.19 bits per heavy atom. The lowest BCUT2D eigenvalue weighted by Gasteiger charge is -2.05. The first kappa shape index (κ1) is 10.4. The van der Waals surface area contributed by atoms with Crippen molar-refractivity contribution in [3.63, 3.8) is 0 Å². The van der Waals surface area contributed by atoms with Crippen molar-refractivity contribution in [1.29, 1.82) is 0 Å². The van der Waals surface area contributed by atoms with Crippen LogP contribution in [0.4, 0.5) is 11.6 Å². The second-order valence-electron chi connectivity index (χ2n) is 3.48. The van der Waals surface area contributed by atoms with Crippen LogP contribution in [0.5, 0.6) is 0 Å². The van der Waals surface area contributed by atoms with E-state index in [0.717, 1.165) is 5.69 Å². The maximum atomic E-state index is 11.7. The lowest BCUT2D eigenvalue weighted by Crippen LogP contribution is -2.20. The highest BCUT2D eigenvalue weighted by molar-refractivity contribution is 5.50. The van der Waals surface area contributed by atoms with Crippen LogP contribution in [0.1, 0.15) is 5.69 Å². The first-order chi connectivity index (χ1) is 7.66. The SMILES string of the molecule is Cc1cccc(Nc2nccn(C)c2=O)n1. The minimum absolute atomic E-state index is 0.175. The van der Waals surface area contributed by atoms with Gasteiger partial charge in [0.25, 0.3) is 5.56 Å². The zero-order valence-corrected chi connectivity index (χ0v) is 9.14. The molecule has 2 rings (SSSR count). The fourth-order valence-corrected chi connectivity index (χ4v) is 1.32. The molecule has 0 spiro atoms. The Labute approximate surface area is 92.8 Å². The summed E-state index contributed by atoms with van der Waals surface area (Å²) in [6.07, 6.45) is 3.18. The molecule has 1 N–H and O–H groups in total. The van der Waals surface area contributed by atoms with Gasteiger partial charge in [0, 0.05) is 25.1 Å². The molecule has 5 heteroatoms. The topological polar surface area (TPSA) is 59.8 Å². The minimum Gasteiger partial charge on any atom is -0.320 e. The number of hydrogen-bond acceptors (Lipinski definition) is 4. The molecule has 5 nitrogen and oxygen atoms in total. The third-order valence-electron chi connectivity index (χ3n) is 2.15. The minimum atomic E-state index is -0.175. The maximum Gasteiger partial charge on any atom is 0.293 e. The van der Waals surface area contributed by atoms with Gasteiger partial charge in [-0.3, -0.25) is 4.79 Å². The van der Waals surface area contributed by atoms with Crippen LogP contribution in [-0.2, 0) is 7.05 Å². The number of pyridine rings is 1. The molecule has 0 bridgehead atoms. The van der Waals surface area contributed by atoms with Crippen LogP contribution in [-0.4, -0.2) is 14.5 Å². The Morgan fingerprint density at radius 1 is 1.38 bits per heavy atom. The highest BCUT2D eigenvalue weighted by atomic mass is 16.1. The van der Waals surface area contributed by atoms with Gasteiger partial charge in [-0.05, 0) is 19.1 Å². The van der Waals surface area contributed by atoms with Crippen molar-refractivity contribution in [2.24, 2.45) is 7.05 Å². The van der Waals surface area contributed by atoms with E-state index in [-0.39, 0.29) is 11.4 Å². The second kappa shape index (κ2) is 4.14.